The highest BCUT2D eigenvalue weighted by molar-refractivity contribution is 6.10. The summed E-state index contributed by atoms with van der Waals surface area (Å²) >= 11 is 0. The smallest absolute Gasteiger partial charge is 0.249 e. The zero-order chi connectivity index (χ0) is 26.8. The molecule has 6 heteroatoms. The minimum Gasteiger partial charge on any atom is -0.399 e. The van der Waals surface area contributed by atoms with Gasteiger partial charge in [0.1, 0.15) is 0 Å². The number of primary amides is 2. The van der Waals surface area contributed by atoms with E-state index in [1.54, 1.807) is 12.1 Å². The number of nitrogens with two attached hydrogens (primary N) is 4. The molecule has 5 rings (SSSR count). The van der Waals surface area contributed by atoms with Gasteiger partial charge in [-0.1, -0.05) is 72.8 Å². The van der Waals surface area contributed by atoms with Crippen molar-refractivity contribution in [3.63, 3.8) is 0 Å². The van der Waals surface area contributed by atoms with E-state index in [1.807, 2.05) is 97.1 Å². The summed E-state index contributed by atoms with van der Waals surface area (Å²) in [5.74, 6) is -1.21. The Labute approximate surface area is 220 Å². The first-order valence-electron chi connectivity index (χ1n) is 12.0. The van der Waals surface area contributed by atoms with Crippen LogP contribution in [-0.2, 0) is 0 Å². The summed E-state index contributed by atoms with van der Waals surface area (Å²) in [6, 6.07) is 33.6. The van der Waals surface area contributed by atoms with Gasteiger partial charge in [-0.3, -0.25) is 9.59 Å². The minimum atomic E-state index is -0.603. The molecule has 0 saturated heterocycles. The van der Waals surface area contributed by atoms with Gasteiger partial charge in [0.25, 0.3) is 0 Å². The van der Waals surface area contributed by atoms with Gasteiger partial charge in [-0.05, 0) is 69.8 Å². The van der Waals surface area contributed by atoms with E-state index in [4.69, 9.17) is 22.9 Å². The quantitative estimate of drug-likeness (QED) is 0.222. The Morgan fingerprint density at radius 2 is 0.763 bits per heavy atom. The van der Waals surface area contributed by atoms with Gasteiger partial charge in [0, 0.05) is 33.6 Å². The van der Waals surface area contributed by atoms with Crippen molar-refractivity contribution in [2.24, 2.45) is 11.5 Å². The first-order valence-corrected chi connectivity index (χ1v) is 12.0. The van der Waals surface area contributed by atoms with Gasteiger partial charge in [0.05, 0.1) is 0 Å². The van der Waals surface area contributed by atoms with E-state index >= 15 is 0 Å². The molecule has 0 radical (unpaired) electrons. The van der Waals surface area contributed by atoms with Crippen LogP contribution in [0.2, 0.25) is 0 Å². The van der Waals surface area contributed by atoms with Gasteiger partial charge in [-0.15, -0.1) is 0 Å². The summed E-state index contributed by atoms with van der Waals surface area (Å²) in [5.41, 5.74) is 31.8. The van der Waals surface area contributed by atoms with Crippen LogP contribution in [0.25, 0.3) is 44.5 Å². The van der Waals surface area contributed by atoms with Gasteiger partial charge in [0.15, 0.2) is 0 Å². The second-order valence-electron chi connectivity index (χ2n) is 9.04. The van der Waals surface area contributed by atoms with Crippen LogP contribution in [0.5, 0.6) is 0 Å². The molecule has 0 unspecified atom stereocenters. The molecule has 0 saturated carbocycles. The van der Waals surface area contributed by atoms with E-state index in [2.05, 4.69) is 0 Å². The summed E-state index contributed by atoms with van der Waals surface area (Å²) in [4.78, 5) is 25.1. The van der Waals surface area contributed by atoms with Crippen molar-refractivity contribution >= 4 is 23.2 Å². The zero-order valence-electron chi connectivity index (χ0n) is 20.5. The zero-order valence-corrected chi connectivity index (χ0v) is 20.5. The van der Waals surface area contributed by atoms with Crippen molar-refractivity contribution in [3.05, 3.63) is 120 Å². The number of anilines is 2. The van der Waals surface area contributed by atoms with Gasteiger partial charge in [0.2, 0.25) is 11.8 Å². The lowest BCUT2D eigenvalue weighted by molar-refractivity contribution is 0.0989. The molecule has 0 aromatic heterocycles. The predicted molar refractivity (Wildman–Crippen MR) is 154 cm³/mol. The Kier molecular flexibility index (Phi) is 6.37. The molecule has 0 bridgehead atoms. The Hall–Kier alpha value is -5.36. The molecule has 186 valence electrons. The van der Waals surface area contributed by atoms with Gasteiger partial charge >= 0.3 is 0 Å². The van der Waals surface area contributed by atoms with Crippen molar-refractivity contribution in [1.82, 2.24) is 0 Å². The number of rotatable bonds is 6. The number of benzene rings is 5. The summed E-state index contributed by atoms with van der Waals surface area (Å²) in [6.07, 6.45) is 0. The number of nitrogen functional groups attached to an aromatic ring is 2. The van der Waals surface area contributed by atoms with Crippen molar-refractivity contribution in [1.29, 1.82) is 0 Å². The minimum absolute atomic E-state index is 0.293. The number of hydrogen-bond donors (Lipinski definition) is 4. The van der Waals surface area contributed by atoms with Crippen molar-refractivity contribution in [2.75, 3.05) is 11.5 Å². The molecule has 0 aliphatic heterocycles. The highest BCUT2D eigenvalue weighted by atomic mass is 16.1. The second kappa shape index (κ2) is 9.95. The number of carbonyl (C=O) groups is 2. The number of hydrogen-bond acceptors (Lipinski definition) is 4. The van der Waals surface area contributed by atoms with Crippen LogP contribution < -0.4 is 22.9 Å². The molecule has 0 fully saturated rings. The molecule has 5 aromatic carbocycles. The van der Waals surface area contributed by atoms with Crippen LogP contribution in [0.3, 0.4) is 0 Å². The van der Waals surface area contributed by atoms with E-state index in [9.17, 15) is 9.59 Å². The third-order valence-electron chi connectivity index (χ3n) is 6.52. The monoisotopic (exact) mass is 498 g/mol. The van der Waals surface area contributed by atoms with E-state index in [0.717, 1.165) is 33.4 Å². The molecular weight excluding hydrogens is 472 g/mol. The van der Waals surface area contributed by atoms with Crippen LogP contribution in [-0.4, -0.2) is 11.8 Å². The normalized spacial score (nSPS) is 10.7. The van der Waals surface area contributed by atoms with Crippen LogP contribution in [0, 0.1) is 0 Å². The second-order valence-corrected chi connectivity index (χ2v) is 9.04. The van der Waals surface area contributed by atoms with Crippen LogP contribution in [0.4, 0.5) is 11.4 Å². The fourth-order valence-electron chi connectivity index (χ4n) is 4.71. The van der Waals surface area contributed by atoms with E-state index < -0.39 is 11.8 Å². The lowest BCUT2D eigenvalue weighted by Crippen LogP contribution is -2.17. The molecular formula is C32H26N4O2. The van der Waals surface area contributed by atoms with E-state index in [-0.39, 0.29) is 0 Å². The average Bonchev–Trinajstić information content (AvgIpc) is 2.92. The summed E-state index contributed by atoms with van der Waals surface area (Å²) in [7, 11) is 0. The fraction of sp³-hybridized carbons (Fsp3) is 0. The summed E-state index contributed by atoms with van der Waals surface area (Å²) < 4.78 is 0. The lowest BCUT2D eigenvalue weighted by Gasteiger charge is -2.18. The summed E-state index contributed by atoms with van der Waals surface area (Å²) in [6.45, 7) is 0. The SMILES string of the molecule is NC(=O)c1ccc(C(N)=O)c(-c2ccc(-c3cccc(N)c3)cc2)c1-c1ccc(-c2cccc(N)c2)cc1. The van der Waals surface area contributed by atoms with Crippen molar-refractivity contribution in [3.8, 4) is 44.5 Å². The molecule has 6 nitrogen and oxygen atoms in total. The van der Waals surface area contributed by atoms with Gasteiger partial charge < -0.3 is 22.9 Å². The fourth-order valence-corrected chi connectivity index (χ4v) is 4.71. The Balaban J connectivity index is 1.68. The summed E-state index contributed by atoms with van der Waals surface area (Å²) in [5, 5.41) is 0. The van der Waals surface area contributed by atoms with Gasteiger partial charge in [-0.2, -0.15) is 0 Å². The molecule has 0 spiro atoms. The maximum atomic E-state index is 12.5. The van der Waals surface area contributed by atoms with Crippen LogP contribution >= 0.6 is 0 Å². The highest BCUT2D eigenvalue weighted by Gasteiger charge is 2.22. The highest BCUT2D eigenvalue weighted by Crippen LogP contribution is 2.39. The standard InChI is InChI=1S/C32H26N4O2/c33-25-5-1-3-23(17-25)19-7-11-21(12-8-19)29-27(31(35)37)15-16-28(32(36)38)30(29)22-13-9-20(10-14-22)24-4-2-6-26(34)18-24/h1-18H,33-34H2,(H2,35,37)(H2,36,38). The van der Waals surface area contributed by atoms with Crippen molar-refractivity contribution in [2.45, 2.75) is 0 Å². The lowest BCUT2D eigenvalue weighted by atomic mass is 9.85. The third kappa shape index (κ3) is 4.70. The molecule has 38 heavy (non-hydrogen) atoms. The topological polar surface area (TPSA) is 138 Å². The van der Waals surface area contributed by atoms with Crippen molar-refractivity contribution < 1.29 is 9.59 Å². The molecule has 0 aliphatic rings. The molecule has 0 aliphatic carbocycles. The van der Waals surface area contributed by atoms with E-state index in [1.165, 1.54) is 0 Å². The Bertz CT molecular complexity index is 1550. The first-order chi connectivity index (χ1) is 18.3. The molecule has 0 atom stereocenters. The largest absolute Gasteiger partial charge is 0.399 e. The van der Waals surface area contributed by atoms with E-state index in [0.29, 0.717) is 33.6 Å². The molecule has 0 heterocycles. The Morgan fingerprint density at radius 3 is 1.08 bits per heavy atom. The van der Waals surface area contributed by atoms with Gasteiger partial charge in [-0.25, -0.2) is 0 Å². The molecule has 8 N–H and O–H groups in total. The predicted octanol–water partition coefficient (Wildman–Crippen LogP) is 5.72. The Morgan fingerprint density at radius 1 is 0.421 bits per heavy atom. The first kappa shape index (κ1) is 24.3. The molecule has 5 aromatic rings. The van der Waals surface area contributed by atoms with Crippen LogP contribution in [0.1, 0.15) is 20.7 Å². The molecule has 2 amide bonds. The average molecular weight is 499 g/mol. The van der Waals surface area contributed by atoms with Crippen LogP contribution in [0.15, 0.2) is 109 Å². The maximum Gasteiger partial charge on any atom is 0.249 e. The maximum absolute atomic E-state index is 12.5. The third-order valence-corrected chi connectivity index (χ3v) is 6.52. The number of carbonyl (C=O) groups excluding carboxylic acids is 2. The number of amides is 2.